The van der Waals surface area contributed by atoms with Crippen molar-refractivity contribution in [2.24, 2.45) is 0 Å². The molecule has 0 unspecified atom stereocenters. The third-order valence-electron chi connectivity index (χ3n) is 4.37. The van der Waals surface area contributed by atoms with Crippen LogP contribution >= 0.6 is 0 Å². The van der Waals surface area contributed by atoms with E-state index in [-0.39, 0.29) is 5.91 Å². The number of aromatic nitrogens is 2. The molecule has 0 saturated heterocycles. The molecule has 27 heavy (non-hydrogen) atoms. The van der Waals surface area contributed by atoms with Gasteiger partial charge in [-0.3, -0.25) is 4.79 Å². The number of rotatable bonds is 4. The molecule has 0 radical (unpaired) electrons. The highest BCUT2D eigenvalue weighted by Gasteiger charge is 2.11. The molecule has 1 amide bonds. The summed E-state index contributed by atoms with van der Waals surface area (Å²) in [6.45, 7) is 4.25. The maximum Gasteiger partial charge on any atom is 0.255 e. The predicted molar refractivity (Wildman–Crippen MR) is 106 cm³/mol. The predicted octanol–water partition coefficient (Wildman–Crippen LogP) is 5.27. The molecule has 5 heteroatoms. The zero-order valence-corrected chi connectivity index (χ0v) is 15.1. The largest absolute Gasteiger partial charge is 0.434 e. The van der Waals surface area contributed by atoms with Gasteiger partial charge in [0.15, 0.2) is 11.2 Å². The molecule has 134 valence electrons. The van der Waals surface area contributed by atoms with Crippen molar-refractivity contribution in [2.45, 2.75) is 19.8 Å². The van der Waals surface area contributed by atoms with E-state index in [4.69, 9.17) is 4.42 Å². The molecule has 2 aromatic carbocycles. The second kappa shape index (κ2) is 7.03. The number of hydrogen-bond donors (Lipinski definition) is 1. The molecule has 0 spiro atoms. The van der Waals surface area contributed by atoms with Crippen LogP contribution in [0.3, 0.4) is 0 Å². The van der Waals surface area contributed by atoms with Crippen LogP contribution in [0, 0.1) is 0 Å². The van der Waals surface area contributed by atoms with Crippen LogP contribution in [0.1, 0.15) is 35.7 Å². The second-order valence-electron chi connectivity index (χ2n) is 6.66. The van der Waals surface area contributed by atoms with Crippen LogP contribution in [-0.4, -0.2) is 15.9 Å². The minimum absolute atomic E-state index is 0.151. The Labute approximate surface area is 157 Å². The Kier molecular flexibility index (Phi) is 4.42. The molecule has 0 atom stereocenters. The molecular weight excluding hydrogens is 338 g/mol. The van der Waals surface area contributed by atoms with Crippen molar-refractivity contribution >= 4 is 22.8 Å². The van der Waals surface area contributed by atoms with Gasteiger partial charge in [-0.15, -0.1) is 0 Å². The number of carbonyl (C=O) groups excluding carboxylic acids is 1. The van der Waals surface area contributed by atoms with Gasteiger partial charge >= 0.3 is 0 Å². The lowest BCUT2D eigenvalue weighted by atomic mass is 10.0. The van der Waals surface area contributed by atoms with E-state index in [9.17, 15) is 4.79 Å². The highest BCUT2D eigenvalue weighted by Crippen LogP contribution is 2.25. The third-order valence-corrected chi connectivity index (χ3v) is 4.37. The first kappa shape index (κ1) is 17.0. The van der Waals surface area contributed by atoms with E-state index < -0.39 is 0 Å². The van der Waals surface area contributed by atoms with Crippen molar-refractivity contribution in [1.82, 2.24) is 9.97 Å². The van der Waals surface area contributed by atoms with Crippen LogP contribution in [0.5, 0.6) is 0 Å². The molecule has 2 heterocycles. The molecule has 0 saturated carbocycles. The Hall–Kier alpha value is -3.47. The number of nitrogens with one attached hydrogen (secondary N) is 1. The van der Waals surface area contributed by atoms with E-state index in [0.717, 1.165) is 5.56 Å². The number of benzene rings is 2. The Morgan fingerprint density at radius 3 is 2.59 bits per heavy atom. The number of oxazole rings is 1. The first-order valence-electron chi connectivity index (χ1n) is 8.83. The van der Waals surface area contributed by atoms with Crippen LogP contribution in [0.2, 0.25) is 0 Å². The highest BCUT2D eigenvalue weighted by atomic mass is 16.3. The number of hydrogen-bond acceptors (Lipinski definition) is 4. The lowest BCUT2D eigenvalue weighted by molar-refractivity contribution is 0.102. The van der Waals surface area contributed by atoms with Gasteiger partial charge in [-0.05, 0) is 53.9 Å². The van der Waals surface area contributed by atoms with Crippen LogP contribution in [0.25, 0.3) is 22.7 Å². The van der Waals surface area contributed by atoms with E-state index >= 15 is 0 Å². The number of carbonyl (C=O) groups is 1. The number of fused-ring (bicyclic) bond motifs is 1. The van der Waals surface area contributed by atoms with Crippen LogP contribution in [-0.2, 0) is 0 Å². The van der Waals surface area contributed by atoms with Gasteiger partial charge in [-0.25, -0.2) is 4.98 Å². The summed E-state index contributed by atoms with van der Waals surface area (Å²) >= 11 is 0. The highest BCUT2D eigenvalue weighted by molar-refractivity contribution is 6.04. The zero-order chi connectivity index (χ0) is 18.8. The summed E-state index contributed by atoms with van der Waals surface area (Å²) in [4.78, 5) is 21.1. The Balaban J connectivity index is 1.56. The molecular formula is C22H19N3O2. The molecule has 1 N–H and O–H groups in total. The van der Waals surface area contributed by atoms with Crippen LogP contribution in [0.15, 0.2) is 71.3 Å². The monoisotopic (exact) mass is 357 g/mol. The van der Waals surface area contributed by atoms with Gasteiger partial charge in [0.05, 0.1) is 0 Å². The van der Waals surface area contributed by atoms with Crippen molar-refractivity contribution in [3.63, 3.8) is 0 Å². The second-order valence-corrected chi connectivity index (χ2v) is 6.66. The van der Waals surface area contributed by atoms with E-state index in [0.29, 0.717) is 34.3 Å². The summed E-state index contributed by atoms with van der Waals surface area (Å²) in [5.41, 5.74) is 4.48. The van der Waals surface area contributed by atoms with Crippen molar-refractivity contribution in [1.29, 1.82) is 0 Å². The van der Waals surface area contributed by atoms with Crippen molar-refractivity contribution in [3.05, 3.63) is 78.0 Å². The summed E-state index contributed by atoms with van der Waals surface area (Å²) in [6.07, 6.45) is 1.68. The fourth-order valence-corrected chi connectivity index (χ4v) is 2.85. The fraction of sp³-hybridized carbons (Fsp3) is 0.136. The lowest BCUT2D eigenvalue weighted by Gasteiger charge is -2.08. The molecule has 4 aromatic rings. The molecule has 2 aromatic heterocycles. The average Bonchev–Trinajstić information content (AvgIpc) is 3.12. The topological polar surface area (TPSA) is 68.0 Å². The summed E-state index contributed by atoms with van der Waals surface area (Å²) in [5.74, 6) is 0.757. The van der Waals surface area contributed by atoms with E-state index in [1.165, 1.54) is 5.56 Å². The van der Waals surface area contributed by atoms with Crippen molar-refractivity contribution in [3.8, 4) is 11.5 Å². The third kappa shape index (κ3) is 3.58. The number of nitrogens with zero attached hydrogens (tertiary/aromatic N) is 2. The van der Waals surface area contributed by atoms with Gasteiger partial charge in [-0.2, -0.15) is 4.98 Å². The lowest BCUT2D eigenvalue weighted by Crippen LogP contribution is -2.11. The Bertz CT molecular complexity index is 1060. The molecule has 5 nitrogen and oxygen atoms in total. The molecule has 0 fully saturated rings. The first-order valence-corrected chi connectivity index (χ1v) is 8.83. The number of anilines is 1. The van der Waals surface area contributed by atoms with Crippen LogP contribution in [0.4, 0.5) is 5.69 Å². The molecule has 0 aliphatic rings. The number of amides is 1. The average molecular weight is 357 g/mol. The minimum Gasteiger partial charge on any atom is -0.434 e. The normalized spacial score (nSPS) is 11.1. The van der Waals surface area contributed by atoms with Gasteiger partial charge in [0.2, 0.25) is 5.89 Å². The van der Waals surface area contributed by atoms with Gasteiger partial charge in [0.1, 0.15) is 0 Å². The summed E-state index contributed by atoms with van der Waals surface area (Å²) in [5, 5.41) is 2.93. The number of pyridine rings is 1. The van der Waals surface area contributed by atoms with Crippen LogP contribution < -0.4 is 5.32 Å². The van der Waals surface area contributed by atoms with E-state index in [1.54, 1.807) is 12.3 Å². The zero-order valence-electron chi connectivity index (χ0n) is 15.1. The standard InChI is InChI=1S/C22H19N3O2/c1-14(2)15-8-10-16(11-9-15)21(26)24-18-6-3-5-17(13-18)22-25-20-19(27-22)7-4-12-23-20/h3-14H,1-2H3,(H,24,26). The smallest absolute Gasteiger partial charge is 0.255 e. The van der Waals surface area contributed by atoms with Gasteiger partial charge in [-0.1, -0.05) is 32.0 Å². The summed E-state index contributed by atoms with van der Waals surface area (Å²) in [6, 6.07) is 18.7. The van der Waals surface area contributed by atoms with E-state index in [2.05, 4.69) is 29.1 Å². The Morgan fingerprint density at radius 1 is 1.04 bits per heavy atom. The summed E-state index contributed by atoms with van der Waals surface area (Å²) < 4.78 is 5.75. The summed E-state index contributed by atoms with van der Waals surface area (Å²) in [7, 11) is 0. The molecule has 4 rings (SSSR count). The molecule has 0 aliphatic heterocycles. The minimum atomic E-state index is -0.151. The van der Waals surface area contributed by atoms with Gasteiger partial charge in [0.25, 0.3) is 5.91 Å². The Morgan fingerprint density at radius 2 is 1.85 bits per heavy atom. The van der Waals surface area contributed by atoms with Crippen molar-refractivity contribution in [2.75, 3.05) is 5.32 Å². The SMILES string of the molecule is CC(C)c1ccc(C(=O)Nc2cccc(-c3nc4ncccc4o3)c2)cc1. The maximum atomic E-state index is 12.5. The van der Waals surface area contributed by atoms with Gasteiger partial charge in [0, 0.05) is 23.0 Å². The van der Waals surface area contributed by atoms with Crippen molar-refractivity contribution < 1.29 is 9.21 Å². The van der Waals surface area contributed by atoms with E-state index in [1.807, 2.05) is 54.6 Å². The maximum absolute atomic E-state index is 12.5. The first-order chi connectivity index (χ1) is 13.1. The molecule has 0 aliphatic carbocycles. The quantitative estimate of drug-likeness (QED) is 0.540. The van der Waals surface area contributed by atoms with Gasteiger partial charge < -0.3 is 9.73 Å². The fourth-order valence-electron chi connectivity index (χ4n) is 2.85. The molecule has 0 bridgehead atoms.